The fourth-order valence-corrected chi connectivity index (χ4v) is 4.81. The van der Waals surface area contributed by atoms with Gasteiger partial charge in [-0.1, -0.05) is 6.07 Å². The Labute approximate surface area is 256 Å². The van der Waals surface area contributed by atoms with Crippen LogP contribution in [0.3, 0.4) is 0 Å². The molecule has 0 radical (unpaired) electrons. The number of ether oxygens (including phenoxy) is 3. The van der Waals surface area contributed by atoms with Crippen molar-refractivity contribution in [2.45, 2.75) is 19.4 Å². The fourth-order valence-electron chi connectivity index (χ4n) is 4.58. The number of rotatable bonds is 8. The minimum absolute atomic E-state index is 0.0386. The lowest BCUT2D eigenvalue weighted by Crippen LogP contribution is -2.11. The third-order valence-corrected chi connectivity index (χ3v) is 7.36. The quantitative estimate of drug-likeness (QED) is 0.100. The Kier molecular flexibility index (Phi) is 8.04. The molecule has 44 heavy (non-hydrogen) atoms. The summed E-state index contributed by atoms with van der Waals surface area (Å²) in [5, 5.41) is 0. The zero-order valence-electron chi connectivity index (χ0n) is 22.9. The number of carbonyl (C=O) groups is 1. The standard InChI is InChI=1S/C31H21BrF4N4O4/c1-42-31(41)18-9-24(36)29-26(10-18)40(14-19-6-7-43-19)28(39-29)11-17-8-23(35)20(12-22(17)34)25-4-3-21(33)30(38-25)44-15-16-2-5-27(32)37-13-16/h2-5,8-10,12-14H,6-7,11,15H2,1H3/b19-14-. The first-order valence-electron chi connectivity index (χ1n) is 13.2. The molecule has 224 valence electrons. The van der Waals surface area contributed by atoms with E-state index in [2.05, 4.69) is 30.9 Å². The maximum atomic E-state index is 15.5. The number of imidazole rings is 1. The molecule has 0 atom stereocenters. The van der Waals surface area contributed by atoms with Crippen LogP contribution in [0.1, 0.15) is 33.7 Å². The number of fused-ring (bicyclic) bond motifs is 1. The molecule has 0 bridgehead atoms. The van der Waals surface area contributed by atoms with Crippen LogP contribution in [-0.2, 0) is 22.5 Å². The Morgan fingerprint density at radius 1 is 1.02 bits per heavy atom. The number of benzene rings is 2. The van der Waals surface area contributed by atoms with E-state index in [-0.39, 0.29) is 58.1 Å². The molecule has 8 nitrogen and oxygen atoms in total. The highest BCUT2D eigenvalue weighted by atomic mass is 79.9. The Hall–Kier alpha value is -4.78. The summed E-state index contributed by atoms with van der Waals surface area (Å²) in [7, 11) is 1.18. The molecule has 13 heteroatoms. The van der Waals surface area contributed by atoms with Crippen molar-refractivity contribution in [3.8, 4) is 17.1 Å². The molecule has 1 aliphatic heterocycles. The molecule has 0 saturated carbocycles. The van der Waals surface area contributed by atoms with Gasteiger partial charge in [0.25, 0.3) is 5.88 Å². The molecule has 0 N–H and O–H groups in total. The molecule has 4 heterocycles. The smallest absolute Gasteiger partial charge is 0.338 e. The van der Waals surface area contributed by atoms with Crippen LogP contribution in [0.25, 0.3) is 28.5 Å². The summed E-state index contributed by atoms with van der Waals surface area (Å²) >= 11 is 3.23. The van der Waals surface area contributed by atoms with E-state index in [1.807, 2.05) is 0 Å². The van der Waals surface area contributed by atoms with Crippen LogP contribution in [-0.4, -0.2) is 39.2 Å². The summed E-state index contributed by atoms with van der Waals surface area (Å²) in [6.07, 6.45) is 3.49. The molecule has 5 aromatic rings. The molecule has 0 spiro atoms. The number of nitrogens with zero attached hydrogens (tertiary/aromatic N) is 4. The number of methoxy groups -OCH3 is 1. The Morgan fingerprint density at radius 3 is 2.55 bits per heavy atom. The van der Waals surface area contributed by atoms with Gasteiger partial charge in [-0.25, -0.2) is 37.3 Å². The minimum Gasteiger partial charge on any atom is -0.496 e. The van der Waals surface area contributed by atoms with Gasteiger partial charge in [0.15, 0.2) is 11.6 Å². The van der Waals surface area contributed by atoms with Crippen LogP contribution >= 0.6 is 15.9 Å². The summed E-state index contributed by atoms with van der Waals surface area (Å²) in [5.41, 5.74) is 0.428. The van der Waals surface area contributed by atoms with Crippen LogP contribution in [0.2, 0.25) is 0 Å². The number of pyridine rings is 2. The molecule has 0 unspecified atom stereocenters. The van der Waals surface area contributed by atoms with E-state index >= 15 is 13.2 Å². The first-order chi connectivity index (χ1) is 21.2. The molecule has 6 rings (SSSR count). The molecule has 1 fully saturated rings. The van der Waals surface area contributed by atoms with Gasteiger partial charge >= 0.3 is 5.97 Å². The van der Waals surface area contributed by atoms with Gasteiger partial charge < -0.3 is 14.2 Å². The average Bonchev–Trinajstić information content (AvgIpc) is 3.33. The average molecular weight is 669 g/mol. The second-order valence-electron chi connectivity index (χ2n) is 9.77. The lowest BCUT2D eigenvalue weighted by atomic mass is 10.0. The zero-order chi connectivity index (χ0) is 31.0. The second-order valence-corrected chi connectivity index (χ2v) is 10.6. The van der Waals surface area contributed by atoms with E-state index in [9.17, 15) is 9.18 Å². The van der Waals surface area contributed by atoms with E-state index in [4.69, 9.17) is 14.2 Å². The monoisotopic (exact) mass is 668 g/mol. The second kappa shape index (κ2) is 12.1. The number of halogens is 5. The van der Waals surface area contributed by atoms with E-state index in [0.29, 0.717) is 29.0 Å². The van der Waals surface area contributed by atoms with Crippen molar-refractivity contribution < 1.29 is 36.6 Å². The summed E-state index contributed by atoms with van der Waals surface area (Å²) in [6.45, 7) is 0.454. The van der Waals surface area contributed by atoms with Gasteiger partial charge in [-0.3, -0.25) is 4.57 Å². The van der Waals surface area contributed by atoms with Gasteiger partial charge in [0.2, 0.25) is 0 Å². The number of aromatic nitrogens is 4. The normalized spacial score (nSPS) is 13.5. The zero-order valence-corrected chi connectivity index (χ0v) is 24.5. The first kappa shape index (κ1) is 29.3. The van der Waals surface area contributed by atoms with Crippen LogP contribution in [0, 0.1) is 23.3 Å². The maximum absolute atomic E-state index is 15.5. The van der Waals surface area contributed by atoms with Crippen LogP contribution in [0.5, 0.6) is 5.88 Å². The van der Waals surface area contributed by atoms with E-state index in [0.717, 1.165) is 24.3 Å². The lowest BCUT2D eigenvalue weighted by Gasteiger charge is -2.19. The predicted octanol–water partition coefficient (Wildman–Crippen LogP) is 6.99. The van der Waals surface area contributed by atoms with Crippen molar-refractivity contribution >= 4 is 39.1 Å². The van der Waals surface area contributed by atoms with Crippen LogP contribution < -0.4 is 4.74 Å². The first-order valence-corrected chi connectivity index (χ1v) is 14.0. The summed E-state index contributed by atoms with van der Waals surface area (Å²) < 4.78 is 78.1. The highest BCUT2D eigenvalue weighted by molar-refractivity contribution is 9.10. The van der Waals surface area contributed by atoms with E-state index < -0.39 is 29.2 Å². The highest BCUT2D eigenvalue weighted by Gasteiger charge is 2.22. The van der Waals surface area contributed by atoms with Crippen molar-refractivity contribution in [2.75, 3.05) is 13.7 Å². The van der Waals surface area contributed by atoms with E-state index in [1.165, 1.54) is 30.0 Å². The molecule has 1 saturated heterocycles. The molecule has 0 amide bonds. The van der Waals surface area contributed by atoms with Crippen molar-refractivity contribution in [3.05, 3.63) is 111 Å². The third kappa shape index (κ3) is 5.87. The van der Waals surface area contributed by atoms with Crippen molar-refractivity contribution in [1.82, 2.24) is 19.5 Å². The lowest BCUT2D eigenvalue weighted by molar-refractivity contribution is 0.0600. The van der Waals surface area contributed by atoms with Crippen LogP contribution in [0.15, 0.2) is 65.1 Å². The van der Waals surface area contributed by atoms with Gasteiger partial charge in [0.05, 0.1) is 30.5 Å². The molecule has 1 aliphatic rings. The maximum Gasteiger partial charge on any atom is 0.338 e. The van der Waals surface area contributed by atoms with Crippen molar-refractivity contribution in [1.29, 1.82) is 0 Å². The molecule has 0 aliphatic carbocycles. The molecular weight excluding hydrogens is 648 g/mol. The largest absolute Gasteiger partial charge is 0.496 e. The number of esters is 1. The summed E-state index contributed by atoms with van der Waals surface area (Å²) in [6, 6.07) is 10.0. The molecule has 2 aromatic carbocycles. The van der Waals surface area contributed by atoms with Gasteiger partial charge in [-0.2, -0.15) is 0 Å². The molecule has 3 aromatic heterocycles. The Balaban J connectivity index is 1.32. The van der Waals surface area contributed by atoms with Gasteiger partial charge in [0, 0.05) is 36.4 Å². The van der Waals surface area contributed by atoms with E-state index in [1.54, 1.807) is 18.3 Å². The van der Waals surface area contributed by atoms with Crippen molar-refractivity contribution in [2.24, 2.45) is 0 Å². The predicted molar refractivity (Wildman–Crippen MR) is 154 cm³/mol. The summed E-state index contributed by atoms with van der Waals surface area (Å²) in [4.78, 5) is 24.6. The minimum atomic E-state index is -0.828. The number of hydrogen-bond acceptors (Lipinski definition) is 7. The Morgan fingerprint density at radius 2 is 1.84 bits per heavy atom. The van der Waals surface area contributed by atoms with Crippen molar-refractivity contribution in [3.63, 3.8) is 0 Å². The number of hydrogen-bond donors (Lipinski definition) is 0. The van der Waals surface area contributed by atoms with Crippen LogP contribution in [0.4, 0.5) is 17.6 Å². The topological polar surface area (TPSA) is 88.4 Å². The Bertz CT molecular complexity index is 1940. The van der Waals surface area contributed by atoms with Gasteiger partial charge in [0.1, 0.15) is 39.9 Å². The van der Waals surface area contributed by atoms with Gasteiger partial charge in [-0.05, 0) is 64.0 Å². The molecular formula is C31H21BrF4N4O4. The summed E-state index contributed by atoms with van der Waals surface area (Å²) in [5.74, 6) is -3.56. The third-order valence-electron chi connectivity index (χ3n) is 6.89. The highest BCUT2D eigenvalue weighted by Crippen LogP contribution is 2.31. The number of carbonyl (C=O) groups excluding carboxylic acids is 1. The SMILES string of the molecule is COC(=O)c1cc(F)c2nc(Cc3cc(F)c(-c4ccc(F)c(OCc5ccc(Br)nc5)n4)cc3F)n(/C=C3/CCO3)c2c1. The fraction of sp³-hybridized carbons (Fsp3) is 0.161. The van der Waals surface area contributed by atoms with Gasteiger partial charge in [-0.15, -0.1) is 0 Å².